The van der Waals surface area contributed by atoms with Crippen molar-refractivity contribution in [2.45, 2.75) is 32.0 Å². The van der Waals surface area contributed by atoms with Crippen LogP contribution in [0.15, 0.2) is 42.1 Å². The number of benzene rings is 1. The van der Waals surface area contributed by atoms with Crippen molar-refractivity contribution in [2.75, 3.05) is 6.54 Å². The molecule has 1 aromatic heterocycles. The Morgan fingerprint density at radius 2 is 2.23 bits per heavy atom. The summed E-state index contributed by atoms with van der Waals surface area (Å²) in [5, 5.41) is 16.1. The van der Waals surface area contributed by atoms with Crippen molar-refractivity contribution in [1.82, 2.24) is 15.6 Å². The highest BCUT2D eigenvalue weighted by molar-refractivity contribution is 7.13. The Labute approximate surface area is 134 Å². The van der Waals surface area contributed by atoms with Crippen LogP contribution in [0.2, 0.25) is 0 Å². The molecule has 2 heterocycles. The highest BCUT2D eigenvalue weighted by Gasteiger charge is 2.23. The van der Waals surface area contributed by atoms with E-state index in [2.05, 4.69) is 46.5 Å². The maximum atomic E-state index is 9.54. The molecule has 4 nitrogen and oxygen atoms in total. The summed E-state index contributed by atoms with van der Waals surface area (Å²) in [6.45, 7) is 7.49. The van der Waals surface area contributed by atoms with Gasteiger partial charge in [-0.05, 0) is 24.5 Å². The molecular formula is C17H21N3OS. The molecule has 1 aliphatic heterocycles. The zero-order chi connectivity index (χ0) is 15.5. The van der Waals surface area contributed by atoms with Crippen LogP contribution in [-0.4, -0.2) is 28.8 Å². The third-order valence-electron chi connectivity index (χ3n) is 4.01. The number of aryl methyl sites for hydroxylation is 1. The number of nitrogens with zero attached hydrogens (tertiary/aromatic N) is 1. The number of hydrogen-bond acceptors (Lipinski definition) is 5. The molecule has 0 aliphatic carbocycles. The fraction of sp³-hybridized carbons (Fsp3) is 0.353. The maximum Gasteiger partial charge on any atom is 0.0801 e. The van der Waals surface area contributed by atoms with Crippen LogP contribution in [0.5, 0.6) is 0 Å². The number of aliphatic hydroxyl groups excluding tert-OH is 1. The molecular weight excluding hydrogens is 294 g/mol. The van der Waals surface area contributed by atoms with Crippen molar-refractivity contribution in [3.05, 3.63) is 53.3 Å². The van der Waals surface area contributed by atoms with E-state index >= 15 is 0 Å². The van der Waals surface area contributed by atoms with Gasteiger partial charge in [-0.1, -0.05) is 30.8 Å². The van der Waals surface area contributed by atoms with E-state index in [4.69, 9.17) is 0 Å². The lowest BCUT2D eigenvalue weighted by Gasteiger charge is -2.16. The number of aromatic nitrogens is 1. The lowest BCUT2D eigenvalue weighted by atomic mass is 10.1. The van der Waals surface area contributed by atoms with Gasteiger partial charge in [-0.3, -0.25) is 0 Å². The molecule has 116 valence electrons. The quantitative estimate of drug-likeness (QED) is 0.793. The predicted molar refractivity (Wildman–Crippen MR) is 90.7 cm³/mol. The summed E-state index contributed by atoms with van der Waals surface area (Å²) >= 11 is 1.67. The van der Waals surface area contributed by atoms with Crippen LogP contribution in [-0.2, 0) is 6.54 Å². The second kappa shape index (κ2) is 6.60. The smallest absolute Gasteiger partial charge is 0.0801 e. The van der Waals surface area contributed by atoms with Crippen molar-refractivity contribution in [2.24, 2.45) is 0 Å². The summed E-state index contributed by atoms with van der Waals surface area (Å²) < 4.78 is 0. The van der Waals surface area contributed by atoms with Gasteiger partial charge >= 0.3 is 0 Å². The molecule has 0 amide bonds. The minimum atomic E-state index is -0.259. The molecule has 0 spiro atoms. The topological polar surface area (TPSA) is 57.2 Å². The van der Waals surface area contributed by atoms with E-state index in [1.165, 1.54) is 16.0 Å². The molecule has 1 fully saturated rings. The van der Waals surface area contributed by atoms with Crippen molar-refractivity contribution < 1.29 is 5.11 Å². The van der Waals surface area contributed by atoms with Crippen molar-refractivity contribution in [1.29, 1.82) is 0 Å². The number of β-amino-alcohol motifs (C(OH)–C–C–N with tert-alkyl or cyclic N) is 1. The number of thiazole rings is 1. The molecule has 2 atom stereocenters. The minimum absolute atomic E-state index is 0.161. The third kappa shape index (κ3) is 3.38. The predicted octanol–water partition coefficient (Wildman–Crippen LogP) is 2.44. The fourth-order valence-electron chi connectivity index (χ4n) is 2.67. The van der Waals surface area contributed by atoms with Crippen molar-refractivity contribution >= 4 is 11.3 Å². The fourth-order valence-corrected chi connectivity index (χ4v) is 3.49. The van der Waals surface area contributed by atoms with Crippen LogP contribution >= 0.6 is 11.3 Å². The Balaban J connectivity index is 1.57. The highest BCUT2D eigenvalue weighted by Crippen LogP contribution is 2.27. The molecule has 2 aromatic rings. The van der Waals surface area contributed by atoms with E-state index in [0.29, 0.717) is 6.54 Å². The zero-order valence-electron chi connectivity index (χ0n) is 12.7. The van der Waals surface area contributed by atoms with E-state index in [0.717, 1.165) is 24.4 Å². The number of hydrogen-bond donors (Lipinski definition) is 3. The van der Waals surface area contributed by atoms with Gasteiger partial charge < -0.3 is 15.7 Å². The van der Waals surface area contributed by atoms with Crippen LogP contribution in [0, 0.1) is 6.92 Å². The second-order valence-corrected chi connectivity index (χ2v) is 6.55. The molecule has 0 bridgehead atoms. The Bertz CT molecular complexity index is 650. The van der Waals surface area contributed by atoms with Crippen molar-refractivity contribution in [3.8, 4) is 10.4 Å². The highest BCUT2D eigenvalue weighted by atomic mass is 32.1. The maximum absolute atomic E-state index is 9.54. The van der Waals surface area contributed by atoms with Gasteiger partial charge in [-0.2, -0.15) is 0 Å². The van der Waals surface area contributed by atoms with Gasteiger partial charge in [0.1, 0.15) is 0 Å². The van der Waals surface area contributed by atoms with Crippen molar-refractivity contribution in [3.63, 3.8) is 0 Å². The van der Waals surface area contributed by atoms with E-state index in [1.54, 1.807) is 11.3 Å². The minimum Gasteiger partial charge on any atom is -0.392 e. The molecule has 0 radical (unpaired) electrons. The Kier molecular flexibility index (Phi) is 4.57. The number of nitrogens with one attached hydrogen (secondary N) is 2. The molecule has 5 heteroatoms. The summed E-state index contributed by atoms with van der Waals surface area (Å²) in [6.07, 6.45) is 0.473. The largest absolute Gasteiger partial charge is 0.392 e. The molecule has 3 rings (SSSR count). The number of aliphatic hydroxyl groups is 1. The summed E-state index contributed by atoms with van der Waals surface area (Å²) in [4.78, 5) is 5.52. The van der Waals surface area contributed by atoms with Gasteiger partial charge in [0.15, 0.2) is 0 Å². The van der Waals surface area contributed by atoms with Gasteiger partial charge in [0.2, 0.25) is 0 Å². The van der Waals surface area contributed by atoms with Crippen LogP contribution < -0.4 is 10.6 Å². The molecule has 1 aromatic carbocycles. The van der Waals surface area contributed by atoms with Gasteiger partial charge in [-0.15, -0.1) is 11.3 Å². The summed E-state index contributed by atoms with van der Waals surface area (Å²) in [5.74, 6) is 0. The van der Waals surface area contributed by atoms with Gasteiger partial charge in [-0.25, -0.2) is 4.98 Å². The Morgan fingerprint density at radius 1 is 1.45 bits per heavy atom. The van der Waals surface area contributed by atoms with Gasteiger partial charge in [0.05, 0.1) is 22.2 Å². The monoisotopic (exact) mass is 315 g/mol. The first-order chi connectivity index (χ1) is 10.6. The zero-order valence-corrected chi connectivity index (χ0v) is 13.5. The first-order valence-electron chi connectivity index (χ1n) is 7.47. The van der Waals surface area contributed by atoms with Gasteiger partial charge in [0.25, 0.3) is 0 Å². The third-order valence-corrected chi connectivity index (χ3v) is 4.99. The second-order valence-electron chi connectivity index (χ2n) is 5.69. The molecule has 1 saturated heterocycles. The van der Waals surface area contributed by atoms with Gasteiger partial charge in [0, 0.05) is 24.8 Å². The molecule has 22 heavy (non-hydrogen) atoms. The lowest BCUT2D eigenvalue weighted by molar-refractivity contribution is 0.194. The van der Waals surface area contributed by atoms with E-state index in [9.17, 15) is 5.11 Å². The Hall–Kier alpha value is -1.69. The summed E-state index contributed by atoms with van der Waals surface area (Å²) in [6, 6.07) is 8.70. The first kappa shape index (κ1) is 15.2. The number of rotatable bonds is 5. The normalized spacial score (nSPS) is 21.0. The average molecular weight is 315 g/mol. The molecule has 3 N–H and O–H groups in total. The van der Waals surface area contributed by atoms with E-state index < -0.39 is 0 Å². The standard InChI is InChI=1S/C17H21N3OS/c1-11(16-7-15(21)9-19-16)18-8-13-3-5-14(6-4-13)17-12(2)20-10-22-17/h3-6,10,15-16,18-19,21H,1,7-9H2,2H3/t15?,16-/m0/s1. The van der Waals surface area contributed by atoms with E-state index in [-0.39, 0.29) is 12.1 Å². The van der Waals surface area contributed by atoms with Crippen LogP contribution in [0.25, 0.3) is 10.4 Å². The summed E-state index contributed by atoms with van der Waals surface area (Å²) in [7, 11) is 0. The van der Waals surface area contributed by atoms with E-state index in [1.807, 2.05) is 12.4 Å². The van der Waals surface area contributed by atoms with Crippen LogP contribution in [0.4, 0.5) is 0 Å². The molecule has 0 saturated carbocycles. The van der Waals surface area contributed by atoms with Crippen LogP contribution in [0.3, 0.4) is 0 Å². The van der Waals surface area contributed by atoms with Crippen LogP contribution in [0.1, 0.15) is 17.7 Å². The lowest BCUT2D eigenvalue weighted by Crippen LogP contribution is -2.30. The average Bonchev–Trinajstić information content (AvgIpc) is 3.14. The Morgan fingerprint density at radius 3 is 2.82 bits per heavy atom. The molecule has 1 aliphatic rings. The summed E-state index contributed by atoms with van der Waals surface area (Å²) in [5.41, 5.74) is 6.33. The first-order valence-corrected chi connectivity index (χ1v) is 8.35. The molecule has 1 unspecified atom stereocenters. The SMILES string of the molecule is C=C(NCc1ccc(-c2scnc2C)cc1)[C@@H]1CC(O)CN1.